The normalized spacial score (nSPS) is 13.6. The van der Waals surface area contributed by atoms with Gasteiger partial charge in [-0.1, -0.05) is 20.8 Å². The van der Waals surface area contributed by atoms with Gasteiger partial charge in [-0.05, 0) is 19.3 Å². The van der Waals surface area contributed by atoms with Gasteiger partial charge in [-0.3, -0.25) is 9.89 Å². The summed E-state index contributed by atoms with van der Waals surface area (Å²) in [5, 5.41) is 6.55. The quantitative estimate of drug-likeness (QED) is 0.830. The minimum absolute atomic E-state index is 0.0375. The fourth-order valence-electron chi connectivity index (χ4n) is 1.35. The number of aromatic nitrogens is 3. The molecule has 1 heterocycles. The van der Waals surface area contributed by atoms with Gasteiger partial charge in [0, 0.05) is 13.1 Å². The van der Waals surface area contributed by atoms with Crippen molar-refractivity contribution in [1.82, 2.24) is 20.1 Å². The second-order valence-electron chi connectivity index (χ2n) is 5.20. The molecule has 16 heavy (non-hydrogen) atoms. The predicted octanol–water partition coefficient (Wildman–Crippen LogP) is 1.62. The number of nitrogens with zero attached hydrogens (tertiary/aromatic N) is 3. The average Bonchev–Trinajstić information content (AvgIpc) is 2.60. The number of aryl methyl sites for hydroxylation is 1. The minimum Gasteiger partial charge on any atom is -0.336 e. The van der Waals surface area contributed by atoms with Crippen molar-refractivity contribution in [3.8, 4) is 0 Å². The minimum atomic E-state index is -0.147. The molecule has 5 nitrogen and oxygen atoms in total. The van der Waals surface area contributed by atoms with Crippen molar-refractivity contribution in [3.05, 3.63) is 11.6 Å². The Morgan fingerprint density at radius 3 is 2.38 bits per heavy atom. The molecule has 1 atom stereocenters. The number of hydrogen-bond donors (Lipinski definition) is 1. The Morgan fingerprint density at radius 1 is 1.44 bits per heavy atom. The molecule has 1 unspecified atom stereocenters. The van der Waals surface area contributed by atoms with Crippen LogP contribution in [-0.2, 0) is 0 Å². The highest BCUT2D eigenvalue weighted by Gasteiger charge is 2.29. The molecule has 0 spiro atoms. The van der Waals surface area contributed by atoms with E-state index in [0.717, 1.165) is 0 Å². The molecule has 90 valence electrons. The number of nitrogens with one attached hydrogen (secondary N) is 1. The van der Waals surface area contributed by atoms with Crippen LogP contribution >= 0.6 is 0 Å². The molecule has 5 heteroatoms. The lowest BCUT2D eigenvalue weighted by Gasteiger charge is -2.34. The summed E-state index contributed by atoms with van der Waals surface area (Å²) in [6.45, 7) is 10.1. The van der Waals surface area contributed by atoms with Crippen LogP contribution in [0.1, 0.15) is 44.1 Å². The number of rotatable bonds is 2. The van der Waals surface area contributed by atoms with Crippen molar-refractivity contribution >= 4 is 5.91 Å². The van der Waals surface area contributed by atoms with Crippen LogP contribution in [0.25, 0.3) is 0 Å². The highest BCUT2D eigenvalue weighted by molar-refractivity contribution is 5.90. The van der Waals surface area contributed by atoms with Crippen LogP contribution in [0, 0.1) is 12.3 Å². The Morgan fingerprint density at radius 2 is 2.00 bits per heavy atom. The zero-order valence-electron chi connectivity index (χ0n) is 10.8. The molecule has 1 aromatic heterocycles. The second kappa shape index (κ2) is 4.23. The SMILES string of the molecule is Cc1nc(C(=O)N(C)C(C)C(C)(C)C)n[nH]1. The van der Waals surface area contributed by atoms with E-state index in [9.17, 15) is 4.79 Å². The molecule has 1 aromatic rings. The molecule has 0 saturated carbocycles. The van der Waals surface area contributed by atoms with Crippen molar-refractivity contribution in [1.29, 1.82) is 0 Å². The molecule has 0 aliphatic heterocycles. The molecule has 1 N–H and O–H groups in total. The summed E-state index contributed by atoms with van der Waals surface area (Å²) in [4.78, 5) is 17.7. The number of H-pyrrole nitrogens is 1. The third-order valence-electron chi connectivity index (χ3n) is 2.94. The summed E-state index contributed by atoms with van der Waals surface area (Å²) in [5.74, 6) is 0.739. The van der Waals surface area contributed by atoms with Crippen LogP contribution in [0.5, 0.6) is 0 Å². The van der Waals surface area contributed by atoms with Crippen LogP contribution in [0.3, 0.4) is 0 Å². The number of hydrogen-bond acceptors (Lipinski definition) is 3. The topological polar surface area (TPSA) is 61.9 Å². The van der Waals surface area contributed by atoms with Gasteiger partial charge in [0.2, 0.25) is 5.82 Å². The average molecular weight is 224 g/mol. The van der Waals surface area contributed by atoms with Crippen LogP contribution in [-0.4, -0.2) is 39.1 Å². The number of carbonyl (C=O) groups is 1. The first-order chi connectivity index (χ1) is 7.23. The molecule has 1 rings (SSSR count). The van der Waals surface area contributed by atoms with Gasteiger partial charge in [-0.2, -0.15) is 0 Å². The summed E-state index contributed by atoms with van der Waals surface area (Å²) >= 11 is 0. The molecule has 0 aliphatic rings. The maximum absolute atomic E-state index is 12.0. The lowest BCUT2D eigenvalue weighted by Crippen LogP contribution is -2.43. The van der Waals surface area contributed by atoms with Gasteiger partial charge in [0.05, 0.1) is 0 Å². The van der Waals surface area contributed by atoms with Gasteiger partial charge in [-0.25, -0.2) is 4.98 Å². The summed E-state index contributed by atoms with van der Waals surface area (Å²) in [6, 6.07) is 0.124. The molecule has 0 aliphatic carbocycles. The zero-order valence-corrected chi connectivity index (χ0v) is 10.8. The maximum atomic E-state index is 12.0. The van der Waals surface area contributed by atoms with E-state index in [4.69, 9.17) is 0 Å². The van der Waals surface area contributed by atoms with E-state index >= 15 is 0 Å². The molecule has 0 fully saturated rings. The Bertz CT molecular complexity index is 378. The Labute approximate surface area is 96.3 Å². The smallest absolute Gasteiger partial charge is 0.293 e. The third-order valence-corrected chi connectivity index (χ3v) is 2.94. The number of amides is 1. The van der Waals surface area contributed by atoms with Crippen molar-refractivity contribution in [2.75, 3.05) is 7.05 Å². The van der Waals surface area contributed by atoms with Crippen LogP contribution < -0.4 is 0 Å². The fourth-order valence-corrected chi connectivity index (χ4v) is 1.35. The van der Waals surface area contributed by atoms with E-state index in [1.807, 2.05) is 6.92 Å². The third kappa shape index (κ3) is 2.59. The lowest BCUT2D eigenvalue weighted by atomic mass is 9.87. The highest BCUT2D eigenvalue weighted by Crippen LogP contribution is 2.23. The summed E-state index contributed by atoms with van der Waals surface area (Å²) in [7, 11) is 1.78. The molecule has 0 bridgehead atoms. The Kier molecular flexibility index (Phi) is 3.35. The van der Waals surface area contributed by atoms with Gasteiger partial charge in [0.1, 0.15) is 5.82 Å². The van der Waals surface area contributed by atoms with Crippen LogP contribution in [0.15, 0.2) is 0 Å². The summed E-state index contributed by atoms with van der Waals surface area (Å²) in [5.41, 5.74) is 0.0375. The predicted molar refractivity (Wildman–Crippen MR) is 62.1 cm³/mol. The van der Waals surface area contributed by atoms with Gasteiger partial charge in [0.25, 0.3) is 5.91 Å². The van der Waals surface area contributed by atoms with Crippen molar-refractivity contribution in [2.45, 2.75) is 40.7 Å². The van der Waals surface area contributed by atoms with E-state index in [1.54, 1.807) is 18.9 Å². The maximum Gasteiger partial charge on any atom is 0.293 e. The van der Waals surface area contributed by atoms with E-state index in [1.165, 1.54) is 0 Å². The van der Waals surface area contributed by atoms with Gasteiger partial charge in [0.15, 0.2) is 0 Å². The summed E-state index contributed by atoms with van der Waals surface area (Å²) < 4.78 is 0. The van der Waals surface area contributed by atoms with Gasteiger partial charge < -0.3 is 4.90 Å². The summed E-state index contributed by atoms with van der Waals surface area (Å²) in [6.07, 6.45) is 0. The van der Waals surface area contributed by atoms with Gasteiger partial charge in [-0.15, -0.1) is 5.10 Å². The van der Waals surface area contributed by atoms with E-state index < -0.39 is 0 Å². The monoisotopic (exact) mass is 224 g/mol. The number of carbonyl (C=O) groups excluding carboxylic acids is 1. The first-order valence-corrected chi connectivity index (χ1v) is 5.39. The van der Waals surface area contributed by atoms with E-state index in [-0.39, 0.29) is 23.2 Å². The van der Waals surface area contributed by atoms with Crippen LogP contribution in [0.2, 0.25) is 0 Å². The Hall–Kier alpha value is -1.39. The first kappa shape index (κ1) is 12.7. The molecule has 0 radical (unpaired) electrons. The van der Waals surface area contributed by atoms with Crippen molar-refractivity contribution in [3.63, 3.8) is 0 Å². The molecular weight excluding hydrogens is 204 g/mol. The molecule has 1 amide bonds. The molecular formula is C11H20N4O. The number of aromatic amines is 1. The lowest BCUT2D eigenvalue weighted by molar-refractivity contribution is 0.0617. The standard InChI is InChI=1S/C11H20N4O/c1-7(11(3,4)5)15(6)10(16)9-12-8(2)13-14-9/h7H,1-6H3,(H,12,13,14). The molecule has 0 aromatic carbocycles. The van der Waals surface area contributed by atoms with Crippen LogP contribution in [0.4, 0.5) is 0 Å². The molecule has 0 saturated heterocycles. The largest absolute Gasteiger partial charge is 0.336 e. The van der Waals surface area contributed by atoms with Crippen molar-refractivity contribution < 1.29 is 4.79 Å². The highest BCUT2D eigenvalue weighted by atomic mass is 16.2. The first-order valence-electron chi connectivity index (χ1n) is 5.39. The van der Waals surface area contributed by atoms with E-state index in [0.29, 0.717) is 5.82 Å². The second-order valence-corrected chi connectivity index (χ2v) is 5.20. The van der Waals surface area contributed by atoms with E-state index in [2.05, 4.69) is 36.0 Å². The fraction of sp³-hybridized carbons (Fsp3) is 0.727. The van der Waals surface area contributed by atoms with Crippen molar-refractivity contribution in [2.24, 2.45) is 5.41 Å². The Balaban J connectivity index is 2.83. The van der Waals surface area contributed by atoms with Gasteiger partial charge >= 0.3 is 0 Å². The zero-order chi connectivity index (χ0) is 12.5.